The predicted octanol–water partition coefficient (Wildman–Crippen LogP) is 2.22. The molecule has 0 saturated carbocycles. The molecule has 7 heteroatoms. The largest absolute Gasteiger partial charge is 0.378 e. The van der Waals surface area contributed by atoms with Gasteiger partial charge in [0.15, 0.2) is 0 Å². The molecule has 1 atom stereocenters. The second-order valence-corrected chi connectivity index (χ2v) is 7.63. The van der Waals surface area contributed by atoms with Crippen LogP contribution in [0.5, 0.6) is 0 Å². The molecule has 0 radical (unpaired) electrons. The summed E-state index contributed by atoms with van der Waals surface area (Å²) in [7, 11) is 1.50. The van der Waals surface area contributed by atoms with Gasteiger partial charge < -0.3 is 10.1 Å². The highest BCUT2D eigenvalue weighted by Crippen LogP contribution is 2.21. The minimum absolute atomic E-state index is 0.0315. The first-order chi connectivity index (χ1) is 9.88. The lowest BCUT2D eigenvalue weighted by Gasteiger charge is -2.11. The number of ether oxygens (including phenoxy) is 1. The number of aryl methyl sites for hydroxylation is 1. The van der Waals surface area contributed by atoms with Gasteiger partial charge in [-0.3, -0.25) is 4.79 Å². The third-order valence-electron chi connectivity index (χ3n) is 3.49. The van der Waals surface area contributed by atoms with Crippen LogP contribution in [0.2, 0.25) is 0 Å². The third kappa shape index (κ3) is 4.43. The summed E-state index contributed by atoms with van der Waals surface area (Å²) in [4.78, 5) is 12.0. The number of hydrogen-bond acceptors (Lipinski definition) is 4. The first-order valence-electron chi connectivity index (χ1n) is 6.83. The highest BCUT2D eigenvalue weighted by molar-refractivity contribution is 8.13. The van der Waals surface area contributed by atoms with E-state index in [0.29, 0.717) is 12.1 Å². The fourth-order valence-corrected chi connectivity index (χ4v) is 3.54. The van der Waals surface area contributed by atoms with Crippen LogP contribution >= 0.6 is 10.7 Å². The average molecular weight is 332 g/mol. The maximum absolute atomic E-state index is 12.0. The minimum Gasteiger partial charge on any atom is -0.378 e. The number of amides is 1. The van der Waals surface area contributed by atoms with Crippen molar-refractivity contribution >= 4 is 25.6 Å². The van der Waals surface area contributed by atoms with E-state index < -0.39 is 9.05 Å². The monoisotopic (exact) mass is 331 g/mol. The minimum atomic E-state index is -3.85. The van der Waals surface area contributed by atoms with E-state index in [1.54, 1.807) is 19.1 Å². The van der Waals surface area contributed by atoms with E-state index in [2.05, 4.69) is 5.32 Å². The molecule has 1 unspecified atom stereocenters. The molecule has 1 N–H and O–H groups in total. The summed E-state index contributed by atoms with van der Waals surface area (Å²) in [5.41, 5.74) is 0.799. The molecular formula is C14H18ClNO4S. The molecule has 116 valence electrons. The van der Waals surface area contributed by atoms with Crippen LogP contribution in [0, 0.1) is 6.92 Å². The van der Waals surface area contributed by atoms with Crippen molar-refractivity contribution in [1.29, 1.82) is 0 Å². The smallest absolute Gasteiger partial charge is 0.261 e. The third-order valence-corrected chi connectivity index (χ3v) is 4.95. The van der Waals surface area contributed by atoms with Crippen molar-refractivity contribution in [1.82, 2.24) is 5.32 Å². The summed E-state index contributed by atoms with van der Waals surface area (Å²) >= 11 is 0. The lowest BCUT2D eigenvalue weighted by Crippen LogP contribution is -2.27. The number of halogens is 1. The molecule has 0 bridgehead atoms. The fraction of sp³-hybridized carbons (Fsp3) is 0.500. The fourth-order valence-electron chi connectivity index (χ4n) is 2.32. The average Bonchev–Trinajstić information content (AvgIpc) is 2.91. The Balaban J connectivity index is 1.99. The molecule has 1 aromatic carbocycles. The maximum Gasteiger partial charge on any atom is 0.261 e. The van der Waals surface area contributed by atoms with Gasteiger partial charge in [-0.05, 0) is 43.9 Å². The molecule has 0 aliphatic carbocycles. The van der Waals surface area contributed by atoms with Gasteiger partial charge in [-0.2, -0.15) is 0 Å². The molecule has 2 rings (SSSR count). The van der Waals surface area contributed by atoms with Crippen molar-refractivity contribution in [2.24, 2.45) is 0 Å². The number of rotatable bonds is 5. The van der Waals surface area contributed by atoms with Crippen LogP contribution in [0.3, 0.4) is 0 Å². The summed E-state index contributed by atoms with van der Waals surface area (Å²) < 4.78 is 28.3. The van der Waals surface area contributed by atoms with E-state index in [-0.39, 0.29) is 22.5 Å². The molecule has 1 saturated heterocycles. The number of nitrogens with one attached hydrogen (secondary N) is 1. The number of carbonyl (C=O) groups excluding carboxylic acids is 1. The zero-order valence-electron chi connectivity index (χ0n) is 11.8. The summed E-state index contributed by atoms with van der Waals surface area (Å²) in [5.74, 6) is -0.311. The molecule has 0 aromatic heterocycles. The van der Waals surface area contributed by atoms with Crippen molar-refractivity contribution in [3.05, 3.63) is 29.3 Å². The quantitative estimate of drug-likeness (QED) is 0.840. The highest BCUT2D eigenvalue weighted by Gasteiger charge is 2.18. The van der Waals surface area contributed by atoms with Gasteiger partial charge in [0.2, 0.25) is 0 Å². The van der Waals surface area contributed by atoms with Crippen molar-refractivity contribution < 1.29 is 17.9 Å². The Morgan fingerprint density at radius 3 is 2.86 bits per heavy atom. The van der Waals surface area contributed by atoms with Gasteiger partial charge >= 0.3 is 0 Å². The zero-order chi connectivity index (χ0) is 15.5. The molecule has 0 spiro atoms. The highest BCUT2D eigenvalue weighted by atomic mass is 35.7. The maximum atomic E-state index is 12.0. The standard InChI is InChI=1S/C14H18ClNO4S/c1-10-4-5-11(9-13(10)21(15,18)19)14(17)16-7-6-12-3-2-8-20-12/h4-5,9,12H,2-3,6-8H2,1H3,(H,16,17). The van der Waals surface area contributed by atoms with Crippen LogP contribution in [0.15, 0.2) is 23.1 Å². The molecule has 1 amide bonds. The Morgan fingerprint density at radius 1 is 1.48 bits per heavy atom. The lowest BCUT2D eigenvalue weighted by molar-refractivity contribution is 0.0907. The second-order valence-electron chi connectivity index (χ2n) is 5.10. The first kappa shape index (κ1) is 16.3. The van der Waals surface area contributed by atoms with Gasteiger partial charge in [-0.1, -0.05) is 6.07 Å². The van der Waals surface area contributed by atoms with Crippen LogP contribution in [0.1, 0.15) is 35.2 Å². The molecule has 21 heavy (non-hydrogen) atoms. The van der Waals surface area contributed by atoms with Crippen LogP contribution in [-0.2, 0) is 13.8 Å². The summed E-state index contributed by atoms with van der Waals surface area (Å²) in [5, 5.41) is 2.77. The van der Waals surface area contributed by atoms with Crippen LogP contribution < -0.4 is 5.32 Å². The number of benzene rings is 1. The summed E-state index contributed by atoms with van der Waals surface area (Å²) in [6.45, 7) is 2.92. The van der Waals surface area contributed by atoms with Crippen molar-refractivity contribution in [3.63, 3.8) is 0 Å². The Bertz CT molecular complexity index is 624. The van der Waals surface area contributed by atoms with Gasteiger partial charge in [-0.25, -0.2) is 8.42 Å². The Morgan fingerprint density at radius 2 is 2.24 bits per heavy atom. The van der Waals surface area contributed by atoms with E-state index in [1.807, 2.05) is 0 Å². The van der Waals surface area contributed by atoms with Gasteiger partial charge in [0.05, 0.1) is 11.0 Å². The Kier molecular flexibility index (Phi) is 5.24. The van der Waals surface area contributed by atoms with Gasteiger partial charge in [0, 0.05) is 29.4 Å². The Hall–Kier alpha value is -1.11. The SMILES string of the molecule is Cc1ccc(C(=O)NCCC2CCCO2)cc1S(=O)(=O)Cl. The molecular weight excluding hydrogens is 314 g/mol. The number of carbonyl (C=O) groups is 1. The lowest BCUT2D eigenvalue weighted by atomic mass is 10.1. The van der Waals surface area contributed by atoms with Crippen LogP contribution in [-0.4, -0.2) is 33.6 Å². The molecule has 5 nitrogen and oxygen atoms in total. The molecule has 1 aliphatic rings. The predicted molar refractivity (Wildman–Crippen MR) is 80.1 cm³/mol. The van der Waals surface area contributed by atoms with Crippen molar-refractivity contribution in [2.75, 3.05) is 13.2 Å². The van der Waals surface area contributed by atoms with E-state index in [1.165, 1.54) is 6.07 Å². The van der Waals surface area contributed by atoms with E-state index >= 15 is 0 Å². The summed E-state index contributed by atoms with van der Waals surface area (Å²) in [6.07, 6.45) is 3.06. The Labute approximate surface area is 129 Å². The van der Waals surface area contributed by atoms with Crippen molar-refractivity contribution in [2.45, 2.75) is 37.2 Å². The molecule has 1 heterocycles. The number of hydrogen-bond donors (Lipinski definition) is 1. The van der Waals surface area contributed by atoms with Gasteiger partial charge in [0.25, 0.3) is 15.0 Å². The molecule has 1 fully saturated rings. The van der Waals surface area contributed by atoms with E-state index in [0.717, 1.165) is 25.9 Å². The van der Waals surface area contributed by atoms with Gasteiger partial charge in [-0.15, -0.1) is 0 Å². The zero-order valence-corrected chi connectivity index (χ0v) is 13.3. The van der Waals surface area contributed by atoms with Gasteiger partial charge in [0.1, 0.15) is 0 Å². The molecule has 1 aromatic rings. The van der Waals surface area contributed by atoms with E-state index in [4.69, 9.17) is 15.4 Å². The topological polar surface area (TPSA) is 72.5 Å². The molecule has 1 aliphatic heterocycles. The van der Waals surface area contributed by atoms with E-state index in [9.17, 15) is 13.2 Å². The summed E-state index contributed by atoms with van der Waals surface area (Å²) in [6, 6.07) is 4.46. The first-order valence-corrected chi connectivity index (χ1v) is 9.14. The normalized spacial score (nSPS) is 18.7. The van der Waals surface area contributed by atoms with Crippen molar-refractivity contribution in [3.8, 4) is 0 Å². The van der Waals surface area contributed by atoms with Crippen LogP contribution in [0.4, 0.5) is 0 Å². The second kappa shape index (κ2) is 6.77. The van der Waals surface area contributed by atoms with Crippen LogP contribution in [0.25, 0.3) is 0 Å².